The Balaban J connectivity index is 1.89. The topological polar surface area (TPSA) is 80.1 Å². The van der Waals surface area contributed by atoms with E-state index in [9.17, 15) is 9.59 Å². The van der Waals surface area contributed by atoms with E-state index in [-0.39, 0.29) is 5.56 Å². The number of H-pyrrole nitrogens is 1. The van der Waals surface area contributed by atoms with Crippen LogP contribution in [0.25, 0.3) is 16.7 Å². The molecule has 0 aliphatic heterocycles. The summed E-state index contributed by atoms with van der Waals surface area (Å²) in [7, 11) is 0. The minimum atomic E-state index is -0.425. The van der Waals surface area contributed by atoms with Gasteiger partial charge in [0.25, 0.3) is 11.5 Å². The molecule has 3 heterocycles. The van der Waals surface area contributed by atoms with Gasteiger partial charge in [-0.3, -0.25) is 14.2 Å². The van der Waals surface area contributed by atoms with Gasteiger partial charge in [-0.1, -0.05) is 18.2 Å². The highest BCUT2D eigenvalue weighted by molar-refractivity contribution is 7.06. The van der Waals surface area contributed by atoms with Gasteiger partial charge in [0.2, 0.25) is 4.80 Å². The van der Waals surface area contributed by atoms with Gasteiger partial charge < -0.3 is 4.98 Å². The summed E-state index contributed by atoms with van der Waals surface area (Å²) in [5.74, 6) is -0.425. The summed E-state index contributed by atoms with van der Waals surface area (Å²) < 4.78 is 1.43. The lowest BCUT2D eigenvalue weighted by molar-refractivity contribution is 0.0999. The molecule has 6 nitrogen and oxygen atoms in total. The number of hydrogen-bond donors (Lipinski definition) is 1. The number of nitrogens with one attached hydrogen (secondary N) is 1. The zero-order valence-corrected chi connectivity index (χ0v) is 13.7. The van der Waals surface area contributed by atoms with Crippen LogP contribution in [0, 0.1) is 0 Å². The number of benzene rings is 1. The second-order valence-electron chi connectivity index (χ2n) is 5.23. The molecule has 122 valence electrons. The molecule has 1 aromatic carbocycles. The second kappa shape index (κ2) is 6.29. The normalized spacial score (nSPS) is 11.8. The molecule has 0 spiro atoms. The number of aromatic nitrogens is 3. The largest absolute Gasteiger partial charge is 0.345 e. The van der Waals surface area contributed by atoms with E-state index < -0.39 is 5.91 Å². The zero-order valence-electron chi connectivity index (χ0n) is 12.9. The molecule has 25 heavy (non-hydrogen) atoms. The number of aromatic amines is 1. The van der Waals surface area contributed by atoms with E-state index in [1.165, 1.54) is 22.0 Å². The van der Waals surface area contributed by atoms with Crippen molar-refractivity contribution >= 4 is 28.3 Å². The van der Waals surface area contributed by atoms with E-state index in [0.29, 0.717) is 27.1 Å². The lowest BCUT2D eigenvalue weighted by Crippen LogP contribution is -2.30. The fraction of sp³-hybridized carbons (Fsp3) is 0. The van der Waals surface area contributed by atoms with Crippen molar-refractivity contribution < 1.29 is 4.79 Å². The third kappa shape index (κ3) is 2.81. The summed E-state index contributed by atoms with van der Waals surface area (Å²) in [6, 6.07) is 14.1. The molecule has 0 fully saturated rings. The molecule has 0 radical (unpaired) electrons. The molecular weight excluding hydrogens is 336 g/mol. The molecule has 1 N–H and O–H groups in total. The first-order chi connectivity index (χ1) is 12.2. The molecule has 0 unspecified atom stereocenters. The number of carbonyl (C=O) groups is 1. The highest BCUT2D eigenvalue weighted by atomic mass is 32.1. The molecule has 0 aliphatic rings. The fourth-order valence-corrected chi connectivity index (χ4v) is 3.29. The molecule has 0 bridgehead atoms. The molecule has 0 atom stereocenters. The predicted molar refractivity (Wildman–Crippen MR) is 95.9 cm³/mol. The molecule has 3 aromatic heterocycles. The molecule has 4 aromatic rings. The number of carbonyl (C=O) groups excluding carboxylic acids is 1. The summed E-state index contributed by atoms with van der Waals surface area (Å²) in [4.78, 5) is 36.6. The molecule has 1 amide bonds. The van der Waals surface area contributed by atoms with Crippen molar-refractivity contribution in [1.29, 1.82) is 0 Å². The van der Waals surface area contributed by atoms with Gasteiger partial charge in [-0.2, -0.15) is 4.99 Å². The summed E-state index contributed by atoms with van der Waals surface area (Å²) in [5, 5.41) is 2.33. The Morgan fingerprint density at radius 1 is 1.12 bits per heavy atom. The first kappa shape index (κ1) is 15.2. The van der Waals surface area contributed by atoms with Crippen molar-refractivity contribution in [3.8, 4) is 5.69 Å². The number of rotatable bonds is 2. The van der Waals surface area contributed by atoms with Crippen LogP contribution in [-0.4, -0.2) is 20.4 Å². The van der Waals surface area contributed by atoms with Crippen LogP contribution in [0.1, 0.15) is 10.4 Å². The van der Waals surface area contributed by atoms with Crippen LogP contribution >= 0.6 is 11.3 Å². The second-order valence-corrected chi connectivity index (χ2v) is 6.10. The third-order valence-corrected chi connectivity index (χ3v) is 4.45. The molecule has 4 rings (SSSR count). The smallest absolute Gasteiger partial charge is 0.281 e. The standard InChI is InChI=1S/C18H12N4O2S/c23-15-8-10-25-18(22(15)12-5-2-1-3-6-12)21-17(24)14-11-20-16-13(14)7-4-9-19-16/h1-11H,(H,19,20)/b21-18-. The summed E-state index contributed by atoms with van der Waals surface area (Å²) in [5.41, 5.74) is 1.47. The van der Waals surface area contributed by atoms with Gasteiger partial charge in [0.1, 0.15) is 5.65 Å². The fourth-order valence-electron chi connectivity index (χ4n) is 2.55. The highest BCUT2D eigenvalue weighted by Crippen LogP contribution is 2.16. The third-order valence-electron chi connectivity index (χ3n) is 3.69. The molecule has 0 aliphatic carbocycles. The van der Waals surface area contributed by atoms with E-state index in [1.54, 1.807) is 42.0 Å². The van der Waals surface area contributed by atoms with E-state index in [0.717, 1.165) is 0 Å². The van der Waals surface area contributed by atoms with Crippen LogP contribution in [0.5, 0.6) is 0 Å². The minimum absolute atomic E-state index is 0.239. The maximum Gasteiger partial charge on any atom is 0.281 e. The Bertz CT molecular complexity index is 1190. The van der Waals surface area contributed by atoms with E-state index in [1.807, 2.05) is 18.2 Å². The summed E-state index contributed by atoms with van der Waals surface area (Å²) in [6.45, 7) is 0. The maximum absolute atomic E-state index is 12.7. The Labute approximate surface area is 145 Å². The van der Waals surface area contributed by atoms with Crippen molar-refractivity contribution in [3.05, 3.63) is 87.0 Å². The zero-order chi connectivity index (χ0) is 17.2. The lowest BCUT2D eigenvalue weighted by Gasteiger charge is -2.04. The number of hydrogen-bond acceptors (Lipinski definition) is 4. The minimum Gasteiger partial charge on any atom is -0.345 e. The maximum atomic E-state index is 12.7. The van der Waals surface area contributed by atoms with E-state index in [2.05, 4.69) is 15.0 Å². The van der Waals surface area contributed by atoms with Crippen molar-refractivity contribution in [1.82, 2.24) is 14.5 Å². The van der Waals surface area contributed by atoms with Crippen LogP contribution in [-0.2, 0) is 0 Å². The lowest BCUT2D eigenvalue weighted by atomic mass is 10.2. The van der Waals surface area contributed by atoms with Gasteiger partial charge in [-0.05, 0) is 29.6 Å². The molecule has 0 saturated carbocycles. The Morgan fingerprint density at radius 2 is 1.96 bits per heavy atom. The van der Waals surface area contributed by atoms with E-state index >= 15 is 0 Å². The highest BCUT2D eigenvalue weighted by Gasteiger charge is 2.12. The van der Waals surface area contributed by atoms with Gasteiger partial charge in [0, 0.05) is 23.8 Å². The SMILES string of the molecule is O=C(/N=c1\sccc(=O)n1-c1ccccc1)c1c[nH]c2ncccc12. The van der Waals surface area contributed by atoms with Crippen molar-refractivity contribution in [2.75, 3.05) is 0 Å². The molecular formula is C18H12N4O2S. The average Bonchev–Trinajstić information content (AvgIpc) is 3.07. The van der Waals surface area contributed by atoms with Crippen LogP contribution < -0.4 is 10.4 Å². The number of pyridine rings is 1. The average molecular weight is 348 g/mol. The van der Waals surface area contributed by atoms with Crippen LogP contribution in [0.15, 0.2) is 76.1 Å². The van der Waals surface area contributed by atoms with Crippen LogP contribution in [0.2, 0.25) is 0 Å². The predicted octanol–water partition coefficient (Wildman–Crippen LogP) is 2.52. The first-order valence-electron chi connectivity index (χ1n) is 7.51. The van der Waals surface area contributed by atoms with Gasteiger partial charge >= 0.3 is 0 Å². The Hall–Kier alpha value is -3.32. The van der Waals surface area contributed by atoms with Gasteiger partial charge in [-0.15, -0.1) is 11.3 Å². The number of nitrogens with zero attached hydrogens (tertiary/aromatic N) is 3. The quantitative estimate of drug-likeness (QED) is 0.604. The van der Waals surface area contributed by atoms with Gasteiger partial charge in [-0.25, -0.2) is 4.98 Å². The Morgan fingerprint density at radius 3 is 2.80 bits per heavy atom. The number of amides is 1. The van der Waals surface area contributed by atoms with Crippen LogP contribution in [0.3, 0.4) is 0 Å². The molecule has 7 heteroatoms. The van der Waals surface area contributed by atoms with Gasteiger partial charge in [0.05, 0.1) is 11.3 Å². The number of para-hydroxylation sites is 1. The van der Waals surface area contributed by atoms with Crippen molar-refractivity contribution in [3.63, 3.8) is 0 Å². The van der Waals surface area contributed by atoms with Gasteiger partial charge in [0.15, 0.2) is 0 Å². The Kier molecular flexibility index (Phi) is 3.83. The van der Waals surface area contributed by atoms with E-state index in [4.69, 9.17) is 0 Å². The van der Waals surface area contributed by atoms with Crippen molar-refractivity contribution in [2.45, 2.75) is 0 Å². The monoisotopic (exact) mass is 348 g/mol. The van der Waals surface area contributed by atoms with Crippen LogP contribution in [0.4, 0.5) is 0 Å². The summed E-state index contributed by atoms with van der Waals surface area (Å²) in [6.07, 6.45) is 3.23. The number of fused-ring (bicyclic) bond motifs is 1. The van der Waals surface area contributed by atoms with Crippen molar-refractivity contribution in [2.24, 2.45) is 4.99 Å². The first-order valence-corrected chi connectivity index (χ1v) is 8.39. The molecule has 0 saturated heterocycles. The summed E-state index contributed by atoms with van der Waals surface area (Å²) >= 11 is 1.23.